The molecule has 0 saturated heterocycles. The van der Waals surface area contributed by atoms with Gasteiger partial charge >= 0.3 is 0 Å². The van der Waals surface area contributed by atoms with Crippen LogP contribution in [0, 0.1) is 6.92 Å². The van der Waals surface area contributed by atoms with Gasteiger partial charge in [0.1, 0.15) is 0 Å². The van der Waals surface area contributed by atoms with Crippen LogP contribution in [0.1, 0.15) is 12.5 Å². The van der Waals surface area contributed by atoms with Gasteiger partial charge in [-0.2, -0.15) is 0 Å². The maximum atomic E-state index is 8.85. The summed E-state index contributed by atoms with van der Waals surface area (Å²) in [6.07, 6.45) is 0. The Balaban J connectivity index is 2.77. The standard InChI is InChI=1S/C10H14ClNO/c1-7-5-9(11)3-4-10(7)12-8(2)6-13/h3-5,8,12-13H,6H2,1-2H3. The summed E-state index contributed by atoms with van der Waals surface area (Å²) in [4.78, 5) is 0. The molecular weight excluding hydrogens is 186 g/mol. The van der Waals surface area contributed by atoms with E-state index in [1.807, 2.05) is 32.0 Å². The topological polar surface area (TPSA) is 32.3 Å². The Morgan fingerprint density at radius 3 is 2.77 bits per heavy atom. The van der Waals surface area contributed by atoms with Gasteiger partial charge in [0.05, 0.1) is 6.61 Å². The molecule has 0 radical (unpaired) electrons. The zero-order valence-electron chi connectivity index (χ0n) is 7.84. The predicted molar refractivity (Wildman–Crippen MR) is 56.4 cm³/mol. The van der Waals surface area contributed by atoms with Crippen LogP contribution in [-0.2, 0) is 0 Å². The molecule has 0 fully saturated rings. The lowest BCUT2D eigenvalue weighted by molar-refractivity contribution is 0.281. The van der Waals surface area contributed by atoms with Crippen LogP contribution in [0.2, 0.25) is 5.02 Å². The molecule has 0 saturated carbocycles. The second kappa shape index (κ2) is 4.49. The van der Waals surface area contributed by atoms with Crippen molar-refractivity contribution in [3.63, 3.8) is 0 Å². The van der Waals surface area contributed by atoms with Crippen LogP contribution < -0.4 is 5.32 Å². The highest BCUT2D eigenvalue weighted by Crippen LogP contribution is 2.19. The van der Waals surface area contributed by atoms with E-state index in [2.05, 4.69) is 5.32 Å². The van der Waals surface area contributed by atoms with Crippen molar-refractivity contribution < 1.29 is 5.11 Å². The van der Waals surface area contributed by atoms with E-state index in [9.17, 15) is 0 Å². The molecule has 0 spiro atoms. The Morgan fingerprint density at radius 2 is 2.23 bits per heavy atom. The maximum absolute atomic E-state index is 8.85. The fourth-order valence-corrected chi connectivity index (χ4v) is 1.33. The average molecular weight is 200 g/mol. The number of benzene rings is 1. The third-order valence-corrected chi connectivity index (χ3v) is 2.10. The molecule has 2 nitrogen and oxygen atoms in total. The molecule has 0 aliphatic rings. The molecule has 0 aliphatic heterocycles. The molecule has 1 aromatic carbocycles. The Hall–Kier alpha value is -0.730. The largest absolute Gasteiger partial charge is 0.394 e. The van der Waals surface area contributed by atoms with Crippen molar-refractivity contribution in [3.05, 3.63) is 28.8 Å². The molecule has 1 rings (SSSR count). The van der Waals surface area contributed by atoms with Crippen LogP contribution in [0.3, 0.4) is 0 Å². The molecular formula is C10H14ClNO. The van der Waals surface area contributed by atoms with Crippen molar-refractivity contribution >= 4 is 17.3 Å². The first-order valence-electron chi connectivity index (χ1n) is 4.27. The number of aliphatic hydroxyl groups excluding tert-OH is 1. The van der Waals surface area contributed by atoms with Crippen molar-refractivity contribution in [3.8, 4) is 0 Å². The van der Waals surface area contributed by atoms with Crippen LogP contribution in [0.5, 0.6) is 0 Å². The van der Waals surface area contributed by atoms with Crippen molar-refractivity contribution in [1.29, 1.82) is 0 Å². The first kappa shape index (κ1) is 10.4. The zero-order valence-corrected chi connectivity index (χ0v) is 8.60. The van der Waals surface area contributed by atoms with Gasteiger partial charge < -0.3 is 10.4 Å². The highest BCUT2D eigenvalue weighted by Gasteiger charge is 2.02. The van der Waals surface area contributed by atoms with Crippen LogP contribution >= 0.6 is 11.6 Å². The highest BCUT2D eigenvalue weighted by molar-refractivity contribution is 6.30. The van der Waals surface area contributed by atoms with E-state index in [1.54, 1.807) is 0 Å². The molecule has 0 aromatic heterocycles. The first-order valence-corrected chi connectivity index (χ1v) is 4.65. The smallest absolute Gasteiger partial charge is 0.0630 e. The fraction of sp³-hybridized carbons (Fsp3) is 0.400. The van der Waals surface area contributed by atoms with E-state index in [-0.39, 0.29) is 12.6 Å². The van der Waals surface area contributed by atoms with Gasteiger partial charge in [-0.25, -0.2) is 0 Å². The number of hydrogen-bond donors (Lipinski definition) is 2. The molecule has 1 unspecified atom stereocenters. The number of aliphatic hydroxyl groups is 1. The molecule has 0 heterocycles. The lowest BCUT2D eigenvalue weighted by Crippen LogP contribution is -2.19. The minimum Gasteiger partial charge on any atom is -0.394 e. The Labute approximate surface area is 83.5 Å². The van der Waals surface area contributed by atoms with Gasteiger partial charge in [-0.05, 0) is 37.6 Å². The average Bonchev–Trinajstić information content (AvgIpc) is 2.09. The number of hydrogen-bond acceptors (Lipinski definition) is 2. The first-order chi connectivity index (χ1) is 6.13. The molecule has 3 heteroatoms. The van der Waals surface area contributed by atoms with Crippen LogP contribution in [-0.4, -0.2) is 17.8 Å². The third-order valence-electron chi connectivity index (χ3n) is 1.86. The monoisotopic (exact) mass is 199 g/mol. The summed E-state index contributed by atoms with van der Waals surface area (Å²) in [6.45, 7) is 4.04. The van der Waals surface area contributed by atoms with Crippen molar-refractivity contribution in [2.24, 2.45) is 0 Å². The van der Waals surface area contributed by atoms with E-state index >= 15 is 0 Å². The number of rotatable bonds is 3. The molecule has 0 aliphatic carbocycles. The minimum atomic E-state index is 0.0693. The molecule has 2 N–H and O–H groups in total. The summed E-state index contributed by atoms with van der Waals surface area (Å²) in [5.74, 6) is 0. The van der Waals surface area contributed by atoms with Gasteiger partial charge in [-0.3, -0.25) is 0 Å². The fourth-order valence-electron chi connectivity index (χ4n) is 1.10. The van der Waals surface area contributed by atoms with Gasteiger partial charge in [0.2, 0.25) is 0 Å². The zero-order chi connectivity index (χ0) is 9.84. The lowest BCUT2D eigenvalue weighted by atomic mass is 10.2. The van der Waals surface area contributed by atoms with Gasteiger partial charge in [0.15, 0.2) is 0 Å². The van der Waals surface area contributed by atoms with E-state index in [0.717, 1.165) is 16.3 Å². The molecule has 0 bridgehead atoms. The van der Waals surface area contributed by atoms with Crippen LogP contribution in [0.15, 0.2) is 18.2 Å². The second-order valence-corrected chi connectivity index (χ2v) is 3.62. The van der Waals surface area contributed by atoms with E-state index < -0.39 is 0 Å². The number of halogens is 1. The molecule has 72 valence electrons. The van der Waals surface area contributed by atoms with Crippen molar-refractivity contribution in [2.45, 2.75) is 19.9 Å². The Bertz CT molecular complexity index is 288. The van der Waals surface area contributed by atoms with Crippen LogP contribution in [0.25, 0.3) is 0 Å². The van der Waals surface area contributed by atoms with Gasteiger partial charge in [-0.1, -0.05) is 11.6 Å². The maximum Gasteiger partial charge on any atom is 0.0630 e. The normalized spacial score (nSPS) is 12.6. The van der Waals surface area contributed by atoms with E-state index in [1.165, 1.54) is 0 Å². The Morgan fingerprint density at radius 1 is 1.54 bits per heavy atom. The summed E-state index contributed by atoms with van der Waals surface area (Å²) >= 11 is 5.81. The molecule has 1 aromatic rings. The number of anilines is 1. The van der Waals surface area contributed by atoms with Gasteiger partial charge in [0.25, 0.3) is 0 Å². The van der Waals surface area contributed by atoms with E-state index in [0.29, 0.717) is 0 Å². The van der Waals surface area contributed by atoms with Gasteiger partial charge in [-0.15, -0.1) is 0 Å². The SMILES string of the molecule is Cc1cc(Cl)ccc1NC(C)CO. The Kier molecular flexibility index (Phi) is 3.58. The van der Waals surface area contributed by atoms with E-state index in [4.69, 9.17) is 16.7 Å². The third kappa shape index (κ3) is 2.90. The number of aryl methyl sites for hydroxylation is 1. The highest BCUT2D eigenvalue weighted by atomic mass is 35.5. The lowest BCUT2D eigenvalue weighted by Gasteiger charge is -2.14. The van der Waals surface area contributed by atoms with Crippen LogP contribution in [0.4, 0.5) is 5.69 Å². The summed E-state index contributed by atoms with van der Waals surface area (Å²) in [5, 5.41) is 12.8. The summed E-state index contributed by atoms with van der Waals surface area (Å²) in [7, 11) is 0. The quantitative estimate of drug-likeness (QED) is 0.784. The predicted octanol–water partition coefficient (Wildman–Crippen LogP) is 2.44. The van der Waals surface area contributed by atoms with Crippen molar-refractivity contribution in [1.82, 2.24) is 0 Å². The summed E-state index contributed by atoms with van der Waals surface area (Å²) in [5.41, 5.74) is 2.11. The van der Waals surface area contributed by atoms with Crippen molar-refractivity contribution in [2.75, 3.05) is 11.9 Å². The molecule has 1 atom stereocenters. The molecule has 13 heavy (non-hydrogen) atoms. The summed E-state index contributed by atoms with van der Waals surface area (Å²) < 4.78 is 0. The second-order valence-electron chi connectivity index (χ2n) is 3.19. The summed E-state index contributed by atoms with van der Waals surface area (Å²) in [6, 6.07) is 5.72. The minimum absolute atomic E-state index is 0.0693. The number of nitrogens with one attached hydrogen (secondary N) is 1. The van der Waals surface area contributed by atoms with Gasteiger partial charge in [0, 0.05) is 16.8 Å². The molecule has 0 amide bonds.